The minimum atomic E-state index is -6.18. The van der Waals surface area contributed by atoms with Gasteiger partial charge in [-0.25, -0.2) is 0 Å². The largest absolute Gasteiger partial charge is 0.525 e. The number of carbonyl (C=O) groups excluding carboxylic acids is 2. The van der Waals surface area contributed by atoms with E-state index in [-0.39, 0.29) is 5.06 Å². The minimum absolute atomic E-state index is 0.317. The smallest absolute Gasteiger partial charge is 0.272 e. The number of nitrogens with zero attached hydrogens (tertiary/aromatic N) is 1. The molecule has 0 unspecified atom stereocenters. The molecule has 0 spiro atoms. The van der Waals surface area contributed by atoms with Gasteiger partial charge in [0.2, 0.25) is 0 Å². The quantitative estimate of drug-likeness (QED) is 0.583. The van der Waals surface area contributed by atoms with E-state index in [1.54, 1.807) is 36.4 Å². The lowest BCUT2D eigenvalue weighted by atomic mass is 9.73. The second kappa shape index (κ2) is 6.46. The lowest BCUT2D eigenvalue weighted by Gasteiger charge is -2.27. The summed E-state index contributed by atoms with van der Waals surface area (Å²) in [5.41, 5.74) is -6.82. The summed E-state index contributed by atoms with van der Waals surface area (Å²) in [7, 11) is -6.18. The van der Waals surface area contributed by atoms with Crippen molar-refractivity contribution in [1.29, 1.82) is 0 Å². The van der Waals surface area contributed by atoms with Gasteiger partial charge in [-0.1, -0.05) is 60.7 Å². The summed E-state index contributed by atoms with van der Waals surface area (Å²) < 4.78 is 64.3. The molecule has 1 heterocycles. The monoisotopic (exact) mass is 399 g/mol. The van der Waals surface area contributed by atoms with E-state index in [0.717, 1.165) is 0 Å². The summed E-state index contributed by atoms with van der Waals surface area (Å²) in [6.45, 7) is 0. The van der Waals surface area contributed by atoms with Gasteiger partial charge >= 0.3 is 15.6 Å². The summed E-state index contributed by atoms with van der Waals surface area (Å²) in [5, 5.41) is -0.317. The van der Waals surface area contributed by atoms with Gasteiger partial charge in [0.15, 0.2) is 0 Å². The van der Waals surface area contributed by atoms with E-state index in [2.05, 4.69) is 4.28 Å². The molecule has 0 radical (unpaired) electrons. The lowest BCUT2D eigenvalue weighted by Crippen LogP contribution is -2.42. The molecule has 0 N–H and O–H groups in total. The highest BCUT2D eigenvalue weighted by molar-refractivity contribution is 7.87. The molecule has 10 heteroatoms. The number of amides is 2. The normalized spacial score (nSPS) is 17.4. The van der Waals surface area contributed by atoms with Crippen LogP contribution >= 0.6 is 0 Å². The molecule has 0 aromatic heterocycles. The zero-order valence-electron chi connectivity index (χ0n) is 13.5. The number of benzene rings is 2. The van der Waals surface area contributed by atoms with E-state index in [9.17, 15) is 31.2 Å². The Morgan fingerprint density at radius 2 is 1.33 bits per heavy atom. The predicted octanol–water partition coefficient (Wildman–Crippen LogP) is 2.51. The maximum atomic E-state index is 13.0. The Labute approximate surface area is 152 Å². The Bertz CT molecular complexity index is 935. The SMILES string of the molecule is O=C1CC(c2ccccc2)(c2ccccc2)C(=O)N1OS(=O)(=O)C(F)(F)F. The van der Waals surface area contributed by atoms with Crippen molar-refractivity contribution in [3.8, 4) is 0 Å². The van der Waals surface area contributed by atoms with Crippen molar-refractivity contribution in [1.82, 2.24) is 5.06 Å². The first kappa shape index (κ1) is 19.1. The molecule has 0 saturated carbocycles. The van der Waals surface area contributed by atoms with Gasteiger partial charge in [-0.05, 0) is 11.1 Å². The van der Waals surface area contributed by atoms with Crippen LogP contribution in [0.3, 0.4) is 0 Å². The number of rotatable bonds is 4. The van der Waals surface area contributed by atoms with Crippen LogP contribution in [0.25, 0.3) is 0 Å². The van der Waals surface area contributed by atoms with Crippen molar-refractivity contribution in [2.24, 2.45) is 0 Å². The van der Waals surface area contributed by atoms with Gasteiger partial charge in [-0.3, -0.25) is 9.59 Å². The molecule has 6 nitrogen and oxygen atoms in total. The topological polar surface area (TPSA) is 80.8 Å². The van der Waals surface area contributed by atoms with Gasteiger partial charge in [0.1, 0.15) is 5.41 Å². The molecule has 2 amide bonds. The molecule has 1 aliphatic heterocycles. The molecule has 0 aliphatic carbocycles. The Kier molecular flexibility index (Phi) is 4.56. The van der Waals surface area contributed by atoms with Crippen molar-refractivity contribution < 1.29 is 35.5 Å². The number of hydrogen-bond acceptors (Lipinski definition) is 5. The first-order chi connectivity index (χ1) is 12.6. The molecule has 1 aliphatic rings. The predicted molar refractivity (Wildman–Crippen MR) is 86.2 cm³/mol. The van der Waals surface area contributed by atoms with Crippen molar-refractivity contribution >= 4 is 21.9 Å². The van der Waals surface area contributed by atoms with Gasteiger partial charge in [0.25, 0.3) is 11.8 Å². The fourth-order valence-electron chi connectivity index (χ4n) is 2.94. The Morgan fingerprint density at radius 3 is 1.74 bits per heavy atom. The molecule has 1 saturated heterocycles. The van der Waals surface area contributed by atoms with Crippen molar-refractivity contribution in [2.75, 3.05) is 0 Å². The fraction of sp³-hybridized carbons (Fsp3) is 0.176. The molecular formula is C17H12F3NO5S. The minimum Gasteiger partial charge on any atom is -0.272 e. The van der Waals surface area contributed by atoms with Gasteiger partial charge in [0, 0.05) is 0 Å². The Morgan fingerprint density at radius 1 is 0.889 bits per heavy atom. The van der Waals surface area contributed by atoms with Crippen LogP contribution in [0.15, 0.2) is 60.7 Å². The van der Waals surface area contributed by atoms with Crippen molar-refractivity contribution in [3.63, 3.8) is 0 Å². The van der Waals surface area contributed by atoms with Crippen LogP contribution in [0.1, 0.15) is 17.5 Å². The van der Waals surface area contributed by atoms with Crippen LogP contribution in [0, 0.1) is 0 Å². The number of hydrogen-bond donors (Lipinski definition) is 0. The first-order valence-electron chi connectivity index (χ1n) is 7.59. The van der Waals surface area contributed by atoms with Gasteiger partial charge in [0.05, 0.1) is 6.42 Å². The van der Waals surface area contributed by atoms with Crippen molar-refractivity contribution in [2.45, 2.75) is 17.3 Å². The molecule has 142 valence electrons. The number of halogens is 3. The summed E-state index contributed by atoms with van der Waals surface area (Å²) in [4.78, 5) is 25.3. The lowest BCUT2D eigenvalue weighted by molar-refractivity contribution is -0.168. The summed E-state index contributed by atoms with van der Waals surface area (Å²) >= 11 is 0. The molecule has 2 aromatic rings. The zero-order chi connectivity index (χ0) is 19.9. The maximum absolute atomic E-state index is 13.0. The molecule has 27 heavy (non-hydrogen) atoms. The fourth-order valence-corrected chi connectivity index (χ4v) is 3.37. The Hall–Kier alpha value is -2.72. The number of hydroxylamine groups is 2. The second-order valence-corrected chi connectivity index (χ2v) is 7.30. The second-order valence-electron chi connectivity index (χ2n) is 5.78. The molecule has 1 fully saturated rings. The maximum Gasteiger partial charge on any atom is 0.525 e. The van der Waals surface area contributed by atoms with E-state index in [4.69, 9.17) is 0 Å². The molecule has 2 aromatic carbocycles. The van der Waals surface area contributed by atoms with E-state index in [0.29, 0.717) is 11.1 Å². The van der Waals surface area contributed by atoms with E-state index in [1.165, 1.54) is 24.3 Å². The molecule has 0 bridgehead atoms. The van der Waals surface area contributed by atoms with Crippen LogP contribution < -0.4 is 0 Å². The van der Waals surface area contributed by atoms with Gasteiger partial charge in [-0.2, -0.15) is 21.6 Å². The summed E-state index contributed by atoms with van der Waals surface area (Å²) in [6.07, 6.45) is -0.576. The van der Waals surface area contributed by atoms with Crippen LogP contribution in [0.2, 0.25) is 0 Å². The molecule has 3 rings (SSSR count). The molecular weight excluding hydrogens is 387 g/mol. The number of imide groups is 1. The third kappa shape index (κ3) is 3.10. The van der Waals surface area contributed by atoms with Crippen LogP contribution in [-0.4, -0.2) is 30.8 Å². The zero-order valence-corrected chi connectivity index (χ0v) is 14.3. The highest BCUT2D eigenvalue weighted by Gasteiger charge is 2.59. The highest BCUT2D eigenvalue weighted by atomic mass is 32.2. The van der Waals surface area contributed by atoms with Crippen molar-refractivity contribution in [3.05, 3.63) is 71.8 Å². The van der Waals surface area contributed by atoms with Crippen LogP contribution in [-0.2, 0) is 29.4 Å². The summed E-state index contributed by atoms with van der Waals surface area (Å²) in [6, 6.07) is 15.8. The first-order valence-corrected chi connectivity index (χ1v) is 9.00. The van der Waals surface area contributed by atoms with Crippen LogP contribution in [0.5, 0.6) is 0 Å². The number of carbonyl (C=O) groups is 2. The Balaban J connectivity index is 2.12. The average molecular weight is 399 g/mol. The average Bonchev–Trinajstić information content (AvgIpc) is 2.87. The van der Waals surface area contributed by atoms with Crippen LogP contribution in [0.4, 0.5) is 13.2 Å². The van der Waals surface area contributed by atoms with E-state index < -0.39 is 39.3 Å². The third-order valence-corrected chi connectivity index (χ3v) is 5.09. The summed E-state index contributed by atoms with van der Waals surface area (Å²) in [5.74, 6) is -2.40. The standard InChI is InChI=1S/C17H12F3NO5S/c18-17(19,20)27(24,25)26-21-14(22)11-16(15(21)23,12-7-3-1-4-8-12)13-9-5-2-6-10-13/h1-10H,11H2. The third-order valence-electron chi connectivity index (χ3n) is 4.18. The number of alkyl halides is 3. The highest BCUT2D eigenvalue weighted by Crippen LogP contribution is 2.43. The van der Waals surface area contributed by atoms with E-state index >= 15 is 0 Å². The van der Waals surface area contributed by atoms with Gasteiger partial charge < -0.3 is 0 Å². The molecule has 0 atom stereocenters. The van der Waals surface area contributed by atoms with E-state index in [1.807, 2.05) is 0 Å². The van der Waals surface area contributed by atoms with Gasteiger partial charge in [-0.15, -0.1) is 9.35 Å².